The van der Waals surface area contributed by atoms with E-state index in [9.17, 15) is 18.0 Å². The van der Waals surface area contributed by atoms with E-state index in [2.05, 4.69) is 5.32 Å². The summed E-state index contributed by atoms with van der Waals surface area (Å²) in [5.41, 5.74) is 5.19. The minimum atomic E-state index is -0.985. The number of amides is 1. The number of anilines is 2. The van der Waals surface area contributed by atoms with Gasteiger partial charge in [-0.05, 0) is 36.8 Å². The zero-order valence-electron chi connectivity index (χ0n) is 10.5. The van der Waals surface area contributed by atoms with Crippen molar-refractivity contribution in [3.63, 3.8) is 0 Å². The first-order valence-electron chi connectivity index (χ1n) is 5.70. The summed E-state index contributed by atoms with van der Waals surface area (Å²) in [5, 5.41) is 2.32. The second-order valence-electron chi connectivity index (χ2n) is 4.27. The Balaban J connectivity index is 2.28. The Morgan fingerprint density at radius 2 is 1.75 bits per heavy atom. The predicted octanol–water partition coefficient (Wildman–Crippen LogP) is 3.25. The lowest BCUT2D eigenvalue weighted by molar-refractivity contribution is 0.102. The van der Waals surface area contributed by atoms with Gasteiger partial charge in [-0.2, -0.15) is 0 Å². The molecule has 0 aliphatic rings. The highest BCUT2D eigenvalue weighted by Crippen LogP contribution is 2.19. The van der Waals surface area contributed by atoms with Crippen LogP contribution in [0.1, 0.15) is 15.9 Å². The number of nitrogens with one attached hydrogen (secondary N) is 1. The molecule has 2 aromatic rings. The fourth-order valence-corrected chi connectivity index (χ4v) is 1.63. The number of carbonyl (C=O) groups excluding carboxylic acids is 1. The molecule has 104 valence electrons. The maximum Gasteiger partial charge on any atom is 0.258 e. The molecular weight excluding hydrogens is 269 g/mol. The normalized spacial score (nSPS) is 10.4. The number of rotatable bonds is 2. The van der Waals surface area contributed by atoms with Crippen LogP contribution in [0.25, 0.3) is 0 Å². The van der Waals surface area contributed by atoms with Crippen molar-refractivity contribution in [1.82, 2.24) is 0 Å². The van der Waals surface area contributed by atoms with Crippen molar-refractivity contribution >= 4 is 17.3 Å². The Kier molecular flexibility index (Phi) is 3.65. The molecule has 2 rings (SSSR count). The predicted molar refractivity (Wildman–Crippen MR) is 69.9 cm³/mol. The molecule has 0 aliphatic heterocycles. The van der Waals surface area contributed by atoms with Gasteiger partial charge in [0.25, 0.3) is 5.91 Å². The number of nitrogens with two attached hydrogens (primary N) is 1. The molecule has 3 nitrogen and oxygen atoms in total. The van der Waals surface area contributed by atoms with Gasteiger partial charge in [-0.3, -0.25) is 4.79 Å². The lowest BCUT2D eigenvalue weighted by Gasteiger charge is -2.08. The van der Waals surface area contributed by atoms with Gasteiger partial charge in [-0.15, -0.1) is 0 Å². The summed E-state index contributed by atoms with van der Waals surface area (Å²) in [6.07, 6.45) is 0. The van der Waals surface area contributed by atoms with Gasteiger partial charge in [-0.1, -0.05) is 0 Å². The standard InChI is InChI=1S/C14H11F3N2O/c1-7-4-9(11(16)6-10(7)15)14(20)19-8-2-3-13(18)12(17)5-8/h2-6H,18H2,1H3,(H,19,20). The van der Waals surface area contributed by atoms with Gasteiger partial charge in [-0.25, -0.2) is 13.2 Å². The average molecular weight is 280 g/mol. The smallest absolute Gasteiger partial charge is 0.258 e. The molecule has 0 heterocycles. The van der Waals surface area contributed by atoms with E-state index >= 15 is 0 Å². The molecule has 0 unspecified atom stereocenters. The molecule has 3 N–H and O–H groups in total. The van der Waals surface area contributed by atoms with E-state index in [1.807, 2.05) is 0 Å². The molecule has 20 heavy (non-hydrogen) atoms. The largest absolute Gasteiger partial charge is 0.396 e. The molecule has 0 spiro atoms. The molecule has 6 heteroatoms. The van der Waals surface area contributed by atoms with Gasteiger partial charge in [0, 0.05) is 11.8 Å². The van der Waals surface area contributed by atoms with Crippen LogP contribution >= 0.6 is 0 Å². The van der Waals surface area contributed by atoms with Crippen molar-refractivity contribution in [3.8, 4) is 0 Å². The van der Waals surface area contributed by atoms with Crippen LogP contribution in [-0.2, 0) is 0 Å². The fourth-order valence-electron chi connectivity index (χ4n) is 1.63. The Bertz CT molecular complexity index is 686. The summed E-state index contributed by atoms with van der Waals surface area (Å²) < 4.78 is 39.9. The van der Waals surface area contributed by atoms with Crippen LogP contribution in [0, 0.1) is 24.4 Å². The van der Waals surface area contributed by atoms with Crippen molar-refractivity contribution in [2.24, 2.45) is 0 Å². The van der Waals surface area contributed by atoms with Crippen molar-refractivity contribution in [1.29, 1.82) is 0 Å². The van der Waals surface area contributed by atoms with Crippen LogP contribution < -0.4 is 11.1 Å². The second-order valence-corrected chi connectivity index (χ2v) is 4.27. The molecule has 0 atom stereocenters. The summed E-state index contributed by atoms with van der Waals surface area (Å²) in [7, 11) is 0. The summed E-state index contributed by atoms with van der Waals surface area (Å²) in [4.78, 5) is 11.9. The van der Waals surface area contributed by atoms with E-state index in [-0.39, 0.29) is 22.5 Å². The van der Waals surface area contributed by atoms with E-state index in [1.165, 1.54) is 19.1 Å². The topological polar surface area (TPSA) is 55.1 Å². The first-order valence-corrected chi connectivity index (χ1v) is 5.70. The van der Waals surface area contributed by atoms with E-state index in [1.54, 1.807) is 0 Å². The number of carbonyl (C=O) groups is 1. The fraction of sp³-hybridized carbons (Fsp3) is 0.0714. The zero-order valence-corrected chi connectivity index (χ0v) is 10.5. The van der Waals surface area contributed by atoms with Crippen LogP contribution in [0.4, 0.5) is 24.5 Å². The Hall–Kier alpha value is -2.50. The first kappa shape index (κ1) is 13.9. The number of nitrogen functional groups attached to an aromatic ring is 1. The number of halogens is 3. The summed E-state index contributed by atoms with van der Waals surface area (Å²) >= 11 is 0. The molecule has 0 aliphatic carbocycles. The van der Waals surface area contributed by atoms with Crippen LogP contribution in [0.2, 0.25) is 0 Å². The highest BCUT2D eigenvalue weighted by Gasteiger charge is 2.15. The van der Waals surface area contributed by atoms with Crippen LogP contribution in [0.15, 0.2) is 30.3 Å². The molecule has 0 radical (unpaired) electrons. The molecule has 0 saturated heterocycles. The molecule has 1 amide bonds. The minimum Gasteiger partial charge on any atom is -0.396 e. The van der Waals surface area contributed by atoms with Gasteiger partial charge in [0.1, 0.15) is 17.5 Å². The molecular formula is C14H11F3N2O. The van der Waals surface area contributed by atoms with Crippen molar-refractivity contribution in [2.45, 2.75) is 6.92 Å². The second kappa shape index (κ2) is 5.24. The highest BCUT2D eigenvalue weighted by molar-refractivity contribution is 6.04. The van der Waals surface area contributed by atoms with Crippen LogP contribution in [0.5, 0.6) is 0 Å². The Morgan fingerprint density at radius 3 is 2.40 bits per heavy atom. The highest BCUT2D eigenvalue weighted by atomic mass is 19.1. The van der Waals surface area contributed by atoms with Gasteiger partial charge < -0.3 is 11.1 Å². The summed E-state index contributed by atoms with van der Waals surface area (Å²) in [5.74, 6) is -3.22. The average Bonchev–Trinajstić information content (AvgIpc) is 2.38. The molecule has 0 bridgehead atoms. The molecule has 2 aromatic carbocycles. The Morgan fingerprint density at radius 1 is 1.05 bits per heavy atom. The lowest BCUT2D eigenvalue weighted by atomic mass is 10.1. The van der Waals surface area contributed by atoms with Crippen molar-refractivity contribution in [3.05, 3.63) is 58.9 Å². The third-order valence-corrected chi connectivity index (χ3v) is 2.75. The lowest BCUT2D eigenvalue weighted by Crippen LogP contribution is -2.14. The van der Waals surface area contributed by atoms with E-state index in [4.69, 9.17) is 5.73 Å². The van der Waals surface area contributed by atoms with Crippen LogP contribution in [-0.4, -0.2) is 5.91 Å². The van der Waals surface area contributed by atoms with Crippen molar-refractivity contribution in [2.75, 3.05) is 11.1 Å². The Labute approximate surface area is 113 Å². The molecule has 0 fully saturated rings. The molecule has 0 saturated carbocycles. The quantitative estimate of drug-likeness (QED) is 0.830. The van der Waals surface area contributed by atoms with Gasteiger partial charge in [0.15, 0.2) is 0 Å². The third kappa shape index (κ3) is 2.74. The molecule has 0 aromatic heterocycles. The minimum absolute atomic E-state index is 0.0631. The van der Waals surface area contributed by atoms with E-state index in [0.717, 1.165) is 12.1 Å². The van der Waals surface area contributed by atoms with Crippen molar-refractivity contribution < 1.29 is 18.0 Å². The summed E-state index contributed by atoms with van der Waals surface area (Å²) in [6, 6.07) is 5.39. The van der Waals surface area contributed by atoms with E-state index in [0.29, 0.717) is 6.07 Å². The van der Waals surface area contributed by atoms with Crippen LogP contribution in [0.3, 0.4) is 0 Å². The number of benzene rings is 2. The SMILES string of the molecule is Cc1cc(C(=O)Nc2ccc(N)c(F)c2)c(F)cc1F. The maximum absolute atomic E-state index is 13.5. The zero-order chi connectivity index (χ0) is 14.9. The maximum atomic E-state index is 13.5. The van der Waals surface area contributed by atoms with E-state index < -0.39 is 23.4 Å². The number of hydrogen-bond acceptors (Lipinski definition) is 2. The van der Waals surface area contributed by atoms with Gasteiger partial charge >= 0.3 is 0 Å². The monoisotopic (exact) mass is 280 g/mol. The van der Waals surface area contributed by atoms with Gasteiger partial charge in [0.2, 0.25) is 0 Å². The number of aryl methyl sites for hydroxylation is 1. The van der Waals surface area contributed by atoms with Gasteiger partial charge in [0.05, 0.1) is 11.3 Å². The summed E-state index contributed by atoms with van der Waals surface area (Å²) in [6.45, 7) is 1.41. The third-order valence-electron chi connectivity index (χ3n) is 2.75. The first-order chi connectivity index (χ1) is 9.38. The number of hydrogen-bond donors (Lipinski definition) is 2.